The van der Waals surface area contributed by atoms with Crippen LogP contribution in [0.3, 0.4) is 0 Å². The van der Waals surface area contributed by atoms with Gasteiger partial charge in [-0.25, -0.2) is 0 Å². The van der Waals surface area contributed by atoms with Crippen LogP contribution in [0, 0.1) is 6.92 Å². The molecular weight excluding hydrogens is 400 g/mol. The van der Waals surface area contributed by atoms with Gasteiger partial charge in [-0.2, -0.15) is 5.10 Å². The first-order chi connectivity index (χ1) is 14.5. The van der Waals surface area contributed by atoms with Gasteiger partial charge in [0, 0.05) is 24.7 Å². The van der Waals surface area contributed by atoms with E-state index in [0.717, 1.165) is 16.8 Å². The summed E-state index contributed by atoms with van der Waals surface area (Å²) in [7, 11) is 0. The summed E-state index contributed by atoms with van der Waals surface area (Å²) in [4.78, 5) is 27.1. The first-order valence-corrected chi connectivity index (χ1v) is 10.4. The van der Waals surface area contributed by atoms with Crippen LogP contribution in [-0.2, 0) is 0 Å². The molecule has 0 unspecified atom stereocenters. The number of nitrogens with one attached hydrogen (secondary N) is 2. The van der Waals surface area contributed by atoms with Crippen LogP contribution in [0.1, 0.15) is 39.3 Å². The van der Waals surface area contributed by atoms with Crippen LogP contribution in [0.15, 0.2) is 54.6 Å². The number of halogens is 1. The van der Waals surface area contributed by atoms with E-state index in [9.17, 15) is 9.59 Å². The molecule has 0 aliphatic carbocycles. The number of piperidine rings is 1. The molecule has 0 spiro atoms. The molecule has 0 bridgehead atoms. The smallest absolute Gasteiger partial charge is 0.271 e. The van der Waals surface area contributed by atoms with E-state index in [1.54, 1.807) is 35.2 Å². The van der Waals surface area contributed by atoms with Crippen LogP contribution >= 0.6 is 11.6 Å². The third-order valence-corrected chi connectivity index (χ3v) is 5.79. The zero-order chi connectivity index (χ0) is 21.1. The molecule has 2 N–H and O–H groups in total. The number of aromatic amines is 1. The monoisotopic (exact) mass is 422 g/mol. The van der Waals surface area contributed by atoms with Crippen molar-refractivity contribution in [1.82, 2.24) is 20.4 Å². The number of hydrogen-bond acceptors (Lipinski definition) is 3. The number of aromatic nitrogens is 2. The van der Waals surface area contributed by atoms with E-state index in [1.807, 2.05) is 31.2 Å². The van der Waals surface area contributed by atoms with Gasteiger partial charge < -0.3 is 10.2 Å². The van der Waals surface area contributed by atoms with Gasteiger partial charge in [0.2, 0.25) is 0 Å². The van der Waals surface area contributed by atoms with Crippen molar-refractivity contribution in [3.63, 3.8) is 0 Å². The number of H-pyrrole nitrogens is 1. The van der Waals surface area contributed by atoms with Gasteiger partial charge in [0.15, 0.2) is 0 Å². The summed E-state index contributed by atoms with van der Waals surface area (Å²) >= 11 is 6.10. The lowest BCUT2D eigenvalue weighted by molar-refractivity contribution is 0.0692. The maximum absolute atomic E-state index is 12.9. The summed E-state index contributed by atoms with van der Waals surface area (Å²) < 4.78 is 0. The third kappa shape index (κ3) is 4.24. The lowest BCUT2D eigenvalue weighted by atomic mass is 10.0. The fourth-order valence-corrected chi connectivity index (χ4v) is 3.96. The molecular formula is C23H23ClN4O2. The average Bonchev–Trinajstić information content (AvgIpc) is 3.24. The van der Waals surface area contributed by atoms with Crippen molar-refractivity contribution in [2.24, 2.45) is 0 Å². The standard InChI is InChI=1S/C23H23ClN4O2/c1-15-6-2-3-7-17(15)20-14-21(27-26-20)23(30)28-12-10-16(11-13-28)25-22(29)18-8-4-5-9-19(18)24/h2-9,14,16H,10-13H2,1H3,(H,25,29)(H,26,27). The predicted molar refractivity (Wildman–Crippen MR) is 117 cm³/mol. The van der Waals surface area contributed by atoms with E-state index >= 15 is 0 Å². The van der Waals surface area contributed by atoms with E-state index in [1.165, 1.54) is 0 Å². The lowest BCUT2D eigenvalue weighted by Gasteiger charge is -2.32. The molecule has 7 heteroatoms. The molecule has 6 nitrogen and oxygen atoms in total. The lowest BCUT2D eigenvalue weighted by Crippen LogP contribution is -2.46. The highest BCUT2D eigenvalue weighted by molar-refractivity contribution is 6.33. The number of carbonyl (C=O) groups is 2. The fraction of sp³-hybridized carbons (Fsp3) is 0.261. The van der Waals surface area contributed by atoms with Crippen molar-refractivity contribution in [2.75, 3.05) is 13.1 Å². The second kappa shape index (κ2) is 8.71. The summed E-state index contributed by atoms with van der Waals surface area (Å²) in [6.45, 7) is 3.17. The molecule has 2 amide bonds. The minimum atomic E-state index is -0.179. The van der Waals surface area contributed by atoms with Crippen LogP contribution in [0.4, 0.5) is 0 Å². The number of benzene rings is 2. The maximum atomic E-state index is 12.9. The molecule has 0 atom stereocenters. The van der Waals surface area contributed by atoms with E-state index < -0.39 is 0 Å². The highest BCUT2D eigenvalue weighted by Gasteiger charge is 2.26. The summed E-state index contributed by atoms with van der Waals surface area (Å²) in [5.41, 5.74) is 3.83. The molecule has 30 heavy (non-hydrogen) atoms. The van der Waals surface area contributed by atoms with E-state index in [2.05, 4.69) is 15.5 Å². The number of amides is 2. The molecule has 4 rings (SSSR count). The summed E-state index contributed by atoms with van der Waals surface area (Å²) in [5, 5.41) is 10.7. The number of likely N-dealkylation sites (tertiary alicyclic amines) is 1. The predicted octanol–water partition coefficient (Wildman–Crippen LogP) is 4.07. The molecule has 1 aliphatic heterocycles. The Kier molecular flexibility index (Phi) is 5.86. The van der Waals surface area contributed by atoms with Gasteiger partial charge in [-0.05, 0) is 43.5 Å². The van der Waals surface area contributed by atoms with Gasteiger partial charge in [-0.3, -0.25) is 14.7 Å². The Hall–Kier alpha value is -3.12. The van der Waals surface area contributed by atoms with Gasteiger partial charge in [0.1, 0.15) is 5.69 Å². The first-order valence-electron chi connectivity index (χ1n) is 9.99. The van der Waals surface area contributed by atoms with E-state index in [4.69, 9.17) is 11.6 Å². The SMILES string of the molecule is Cc1ccccc1-c1cc(C(=O)N2CCC(NC(=O)c3ccccc3Cl)CC2)[nH]n1. The fourth-order valence-electron chi connectivity index (χ4n) is 3.74. The van der Waals surface area contributed by atoms with Gasteiger partial charge in [-0.15, -0.1) is 0 Å². The third-order valence-electron chi connectivity index (χ3n) is 5.47. The molecule has 154 valence electrons. The van der Waals surface area contributed by atoms with Crippen LogP contribution in [-0.4, -0.2) is 46.0 Å². The molecule has 1 aromatic heterocycles. The van der Waals surface area contributed by atoms with Crippen LogP contribution < -0.4 is 5.32 Å². The number of carbonyl (C=O) groups excluding carboxylic acids is 2. The van der Waals surface area contributed by atoms with Gasteiger partial charge in [0.25, 0.3) is 11.8 Å². The quantitative estimate of drug-likeness (QED) is 0.665. The second-order valence-corrected chi connectivity index (χ2v) is 7.91. The van der Waals surface area contributed by atoms with E-state index in [0.29, 0.717) is 42.2 Å². The number of aryl methyl sites for hydroxylation is 1. The minimum absolute atomic E-state index is 0.0159. The molecule has 0 radical (unpaired) electrons. The molecule has 2 heterocycles. The van der Waals surface area contributed by atoms with Crippen LogP contribution in [0.5, 0.6) is 0 Å². The highest BCUT2D eigenvalue weighted by atomic mass is 35.5. The molecule has 1 aliphatic rings. The number of nitrogens with zero attached hydrogens (tertiary/aromatic N) is 2. The minimum Gasteiger partial charge on any atom is -0.349 e. The largest absolute Gasteiger partial charge is 0.349 e. The Morgan fingerprint density at radius 1 is 1.10 bits per heavy atom. The summed E-state index contributed by atoms with van der Waals surface area (Å²) in [6.07, 6.45) is 1.39. The average molecular weight is 423 g/mol. The molecule has 2 aromatic carbocycles. The molecule has 3 aromatic rings. The molecule has 0 saturated carbocycles. The van der Waals surface area contributed by atoms with Crippen molar-refractivity contribution >= 4 is 23.4 Å². The zero-order valence-electron chi connectivity index (χ0n) is 16.7. The topological polar surface area (TPSA) is 78.1 Å². The Bertz CT molecular complexity index is 1070. The molecule has 1 saturated heterocycles. The van der Waals surface area contributed by atoms with E-state index in [-0.39, 0.29) is 17.9 Å². The van der Waals surface area contributed by atoms with Gasteiger partial charge in [0.05, 0.1) is 16.3 Å². The van der Waals surface area contributed by atoms with Gasteiger partial charge >= 0.3 is 0 Å². The summed E-state index contributed by atoms with van der Waals surface area (Å²) in [5.74, 6) is -0.250. The number of hydrogen-bond donors (Lipinski definition) is 2. The Morgan fingerprint density at radius 3 is 2.53 bits per heavy atom. The first kappa shape index (κ1) is 20.2. The Morgan fingerprint density at radius 2 is 1.80 bits per heavy atom. The van der Waals surface area contributed by atoms with Crippen LogP contribution in [0.25, 0.3) is 11.3 Å². The summed E-state index contributed by atoms with van der Waals surface area (Å²) in [6, 6.07) is 16.8. The normalized spacial score (nSPS) is 14.5. The van der Waals surface area contributed by atoms with Gasteiger partial charge in [-0.1, -0.05) is 48.0 Å². The zero-order valence-corrected chi connectivity index (χ0v) is 17.4. The highest BCUT2D eigenvalue weighted by Crippen LogP contribution is 2.23. The Balaban J connectivity index is 1.35. The second-order valence-electron chi connectivity index (χ2n) is 7.50. The maximum Gasteiger partial charge on any atom is 0.271 e. The van der Waals surface area contributed by atoms with Crippen molar-refractivity contribution in [3.05, 3.63) is 76.4 Å². The van der Waals surface area contributed by atoms with Crippen molar-refractivity contribution in [2.45, 2.75) is 25.8 Å². The Labute approximate surface area is 180 Å². The van der Waals surface area contributed by atoms with Crippen LogP contribution in [0.2, 0.25) is 5.02 Å². The molecule has 1 fully saturated rings. The number of rotatable bonds is 4. The van der Waals surface area contributed by atoms with Crippen molar-refractivity contribution in [3.8, 4) is 11.3 Å². The van der Waals surface area contributed by atoms with Crippen molar-refractivity contribution < 1.29 is 9.59 Å². The van der Waals surface area contributed by atoms with Crippen molar-refractivity contribution in [1.29, 1.82) is 0 Å².